The normalized spacial score (nSPS) is 11.1. The molecule has 0 radical (unpaired) electrons. The molecular weight excluding hydrogens is 379 g/mol. The molecule has 0 bridgehead atoms. The molecule has 0 saturated heterocycles. The molecule has 7 heteroatoms. The third kappa shape index (κ3) is 4.37. The van der Waals surface area contributed by atoms with E-state index in [-0.39, 0.29) is 5.56 Å². The Morgan fingerprint density at radius 3 is 2.18 bits per heavy atom. The summed E-state index contributed by atoms with van der Waals surface area (Å²) in [4.78, 5) is 12.6. The fourth-order valence-corrected chi connectivity index (χ4v) is 3.21. The Bertz CT molecular complexity index is 1100. The summed E-state index contributed by atoms with van der Waals surface area (Å²) in [6.07, 6.45) is 1.09. The second-order valence-corrected chi connectivity index (χ2v) is 8.30. The second-order valence-electron chi connectivity index (χ2n) is 6.29. The molecule has 0 aliphatic carbocycles. The van der Waals surface area contributed by atoms with Crippen molar-refractivity contribution in [3.63, 3.8) is 0 Å². The van der Waals surface area contributed by atoms with Crippen LogP contribution in [-0.2, 0) is 10.0 Å². The number of amides is 1. The Kier molecular flexibility index (Phi) is 5.46. The lowest BCUT2D eigenvalue weighted by Gasteiger charge is -2.21. The summed E-state index contributed by atoms with van der Waals surface area (Å²) in [5.41, 5.74) is 2.68. The average molecular weight is 398 g/mol. The molecule has 0 aliphatic rings. The number of hydrogen-bond donors (Lipinski definition) is 1. The van der Waals surface area contributed by atoms with Crippen molar-refractivity contribution >= 4 is 27.3 Å². The SMILES string of the molecule is CN(c1ccc(-c2ccccc2)cc1NC(=O)c1ccc(F)cc1)S(C)(=O)=O. The summed E-state index contributed by atoms with van der Waals surface area (Å²) in [6.45, 7) is 0. The van der Waals surface area contributed by atoms with Gasteiger partial charge in [0.05, 0.1) is 17.6 Å². The van der Waals surface area contributed by atoms with Crippen LogP contribution in [0, 0.1) is 5.82 Å². The zero-order chi connectivity index (χ0) is 20.3. The Morgan fingerprint density at radius 2 is 1.57 bits per heavy atom. The molecule has 0 aliphatic heterocycles. The fraction of sp³-hybridized carbons (Fsp3) is 0.0952. The number of rotatable bonds is 5. The van der Waals surface area contributed by atoms with Crippen LogP contribution in [0.5, 0.6) is 0 Å². The number of nitrogens with zero attached hydrogens (tertiary/aromatic N) is 1. The monoisotopic (exact) mass is 398 g/mol. The molecule has 1 N–H and O–H groups in total. The Balaban J connectivity index is 2.04. The summed E-state index contributed by atoms with van der Waals surface area (Å²) >= 11 is 0. The largest absolute Gasteiger partial charge is 0.320 e. The molecule has 3 aromatic carbocycles. The van der Waals surface area contributed by atoms with Crippen LogP contribution in [0.3, 0.4) is 0 Å². The van der Waals surface area contributed by atoms with Crippen molar-refractivity contribution in [3.05, 3.63) is 84.2 Å². The van der Waals surface area contributed by atoms with Gasteiger partial charge in [0.25, 0.3) is 5.91 Å². The molecule has 144 valence electrons. The van der Waals surface area contributed by atoms with Crippen LogP contribution in [0.25, 0.3) is 11.1 Å². The van der Waals surface area contributed by atoms with Gasteiger partial charge in [-0.05, 0) is 47.5 Å². The van der Waals surface area contributed by atoms with E-state index in [4.69, 9.17) is 0 Å². The molecule has 0 spiro atoms. The van der Waals surface area contributed by atoms with Gasteiger partial charge < -0.3 is 5.32 Å². The number of nitrogens with one attached hydrogen (secondary N) is 1. The maximum atomic E-state index is 13.1. The van der Waals surface area contributed by atoms with Gasteiger partial charge in [-0.3, -0.25) is 9.10 Å². The molecule has 28 heavy (non-hydrogen) atoms. The van der Waals surface area contributed by atoms with Crippen LogP contribution in [-0.4, -0.2) is 27.6 Å². The first kappa shape index (κ1) is 19.6. The minimum Gasteiger partial charge on any atom is -0.320 e. The second kappa shape index (κ2) is 7.82. The highest BCUT2D eigenvalue weighted by Gasteiger charge is 2.18. The molecular formula is C21H19FN2O3S. The molecule has 0 heterocycles. The van der Waals surface area contributed by atoms with Gasteiger partial charge in [0, 0.05) is 12.6 Å². The lowest BCUT2D eigenvalue weighted by atomic mass is 10.0. The zero-order valence-corrected chi connectivity index (χ0v) is 16.2. The van der Waals surface area contributed by atoms with E-state index < -0.39 is 21.7 Å². The predicted octanol–water partition coefficient (Wildman–Crippen LogP) is 4.14. The number of hydrogen-bond acceptors (Lipinski definition) is 3. The van der Waals surface area contributed by atoms with Crippen LogP contribution >= 0.6 is 0 Å². The van der Waals surface area contributed by atoms with E-state index >= 15 is 0 Å². The molecule has 0 aromatic heterocycles. The summed E-state index contributed by atoms with van der Waals surface area (Å²) in [5.74, 6) is -0.909. The maximum Gasteiger partial charge on any atom is 0.255 e. The topological polar surface area (TPSA) is 66.5 Å². The Hall–Kier alpha value is -3.19. The van der Waals surface area contributed by atoms with Gasteiger partial charge in [0.15, 0.2) is 0 Å². The quantitative estimate of drug-likeness (QED) is 0.702. The molecule has 0 atom stereocenters. The van der Waals surface area contributed by atoms with Gasteiger partial charge in [0.1, 0.15) is 5.82 Å². The summed E-state index contributed by atoms with van der Waals surface area (Å²) in [7, 11) is -2.11. The molecule has 3 rings (SSSR count). The van der Waals surface area contributed by atoms with Crippen LogP contribution in [0.4, 0.5) is 15.8 Å². The predicted molar refractivity (Wildman–Crippen MR) is 109 cm³/mol. The Morgan fingerprint density at radius 1 is 0.929 bits per heavy atom. The summed E-state index contributed by atoms with van der Waals surface area (Å²) in [6, 6.07) is 19.8. The fourth-order valence-electron chi connectivity index (χ4n) is 2.70. The van der Waals surface area contributed by atoms with Gasteiger partial charge in [-0.2, -0.15) is 0 Å². The van der Waals surface area contributed by atoms with Crippen molar-refractivity contribution in [2.24, 2.45) is 0 Å². The molecule has 3 aromatic rings. The van der Waals surface area contributed by atoms with Crippen LogP contribution < -0.4 is 9.62 Å². The van der Waals surface area contributed by atoms with Crippen molar-refractivity contribution in [1.82, 2.24) is 0 Å². The van der Waals surface area contributed by atoms with Crippen molar-refractivity contribution in [2.45, 2.75) is 0 Å². The number of benzene rings is 3. The van der Waals surface area contributed by atoms with Gasteiger partial charge in [-0.15, -0.1) is 0 Å². The third-order valence-corrected chi connectivity index (χ3v) is 5.49. The van der Waals surface area contributed by atoms with E-state index in [0.29, 0.717) is 11.4 Å². The number of anilines is 2. The number of carbonyl (C=O) groups is 1. The van der Waals surface area contributed by atoms with Gasteiger partial charge >= 0.3 is 0 Å². The molecule has 5 nitrogen and oxygen atoms in total. The average Bonchev–Trinajstić information content (AvgIpc) is 2.68. The molecule has 1 amide bonds. The number of sulfonamides is 1. The van der Waals surface area contributed by atoms with Gasteiger partial charge in [0.2, 0.25) is 10.0 Å². The first-order chi connectivity index (χ1) is 13.3. The lowest BCUT2D eigenvalue weighted by Crippen LogP contribution is -2.26. The van der Waals surface area contributed by atoms with E-state index in [0.717, 1.165) is 21.7 Å². The van der Waals surface area contributed by atoms with Crippen LogP contribution in [0.2, 0.25) is 0 Å². The number of carbonyl (C=O) groups excluding carboxylic acids is 1. The van der Waals surface area contributed by atoms with Crippen molar-refractivity contribution in [3.8, 4) is 11.1 Å². The van der Waals surface area contributed by atoms with Crippen molar-refractivity contribution in [1.29, 1.82) is 0 Å². The molecule has 0 unspecified atom stereocenters. The van der Waals surface area contributed by atoms with E-state index in [1.54, 1.807) is 18.2 Å². The minimum atomic E-state index is -3.53. The zero-order valence-electron chi connectivity index (χ0n) is 15.4. The highest BCUT2D eigenvalue weighted by atomic mass is 32.2. The summed E-state index contributed by atoms with van der Waals surface area (Å²) < 4.78 is 38.2. The molecule has 0 saturated carbocycles. The van der Waals surface area contributed by atoms with Crippen molar-refractivity contribution < 1.29 is 17.6 Å². The highest BCUT2D eigenvalue weighted by Crippen LogP contribution is 2.32. The number of halogens is 1. The van der Waals surface area contributed by atoms with Crippen LogP contribution in [0.15, 0.2) is 72.8 Å². The first-order valence-corrected chi connectivity index (χ1v) is 10.3. The summed E-state index contributed by atoms with van der Waals surface area (Å²) in [5, 5.41) is 2.74. The van der Waals surface area contributed by atoms with E-state index in [9.17, 15) is 17.6 Å². The third-order valence-electron chi connectivity index (χ3n) is 4.30. The smallest absolute Gasteiger partial charge is 0.255 e. The van der Waals surface area contributed by atoms with E-state index in [1.807, 2.05) is 30.3 Å². The van der Waals surface area contributed by atoms with E-state index in [2.05, 4.69) is 5.32 Å². The first-order valence-electron chi connectivity index (χ1n) is 8.46. The maximum absolute atomic E-state index is 13.1. The Labute approximate surface area is 163 Å². The standard InChI is InChI=1S/C21H19FN2O3S/c1-24(28(2,26)27)20-13-10-17(15-6-4-3-5-7-15)14-19(20)23-21(25)16-8-11-18(22)12-9-16/h3-14H,1-2H3,(H,23,25). The van der Waals surface area contributed by atoms with Crippen molar-refractivity contribution in [2.75, 3.05) is 22.9 Å². The molecule has 0 fully saturated rings. The van der Waals surface area contributed by atoms with Gasteiger partial charge in [-0.25, -0.2) is 12.8 Å². The highest BCUT2D eigenvalue weighted by molar-refractivity contribution is 7.92. The van der Waals surface area contributed by atoms with E-state index in [1.165, 1.54) is 31.3 Å². The van der Waals surface area contributed by atoms with Crippen LogP contribution in [0.1, 0.15) is 10.4 Å². The lowest BCUT2D eigenvalue weighted by molar-refractivity contribution is 0.102. The minimum absolute atomic E-state index is 0.263. The van der Waals surface area contributed by atoms with Gasteiger partial charge in [-0.1, -0.05) is 36.4 Å².